The van der Waals surface area contributed by atoms with Gasteiger partial charge in [-0.25, -0.2) is 9.78 Å². The van der Waals surface area contributed by atoms with E-state index in [1.807, 2.05) is 20.8 Å². The van der Waals surface area contributed by atoms with Crippen LogP contribution >= 0.6 is 0 Å². The van der Waals surface area contributed by atoms with Gasteiger partial charge in [0, 0.05) is 18.8 Å². The molecule has 2 amide bonds. The number of amides is 2. The van der Waals surface area contributed by atoms with E-state index in [9.17, 15) is 14.4 Å². The summed E-state index contributed by atoms with van der Waals surface area (Å²) in [6, 6.07) is 4.81. The van der Waals surface area contributed by atoms with Crippen LogP contribution in [0.3, 0.4) is 0 Å². The van der Waals surface area contributed by atoms with Crippen LogP contribution < -0.4 is 5.32 Å². The van der Waals surface area contributed by atoms with Crippen molar-refractivity contribution in [2.45, 2.75) is 26.3 Å². The molecule has 1 heterocycles. The fourth-order valence-corrected chi connectivity index (χ4v) is 1.56. The Morgan fingerprint density at radius 1 is 1.27 bits per heavy atom. The number of hydrogen-bond donors (Lipinski definition) is 1. The first kappa shape index (κ1) is 17.6. The average molecular weight is 307 g/mol. The number of aromatic nitrogens is 1. The molecule has 7 nitrogen and oxygen atoms in total. The first-order valence-corrected chi connectivity index (χ1v) is 6.82. The molecule has 0 radical (unpaired) electrons. The predicted octanol–water partition coefficient (Wildman–Crippen LogP) is 0.611. The van der Waals surface area contributed by atoms with E-state index in [1.165, 1.54) is 24.2 Å². The van der Waals surface area contributed by atoms with E-state index in [4.69, 9.17) is 4.74 Å². The molecule has 0 spiro atoms. The van der Waals surface area contributed by atoms with Gasteiger partial charge in [0.05, 0.1) is 6.54 Å². The van der Waals surface area contributed by atoms with Gasteiger partial charge < -0.3 is 15.0 Å². The Hall–Kier alpha value is -2.44. The van der Waals surface area contributed by atoms with Gasteiger partial charge in [-0.15, -0.1) is 0 Å². The molecule has 0 aromatic carbocycles. The molecule has 1 aromatic heterocycles. The number of likely N-dealkylation sites (N-methyl/N-ethyl adjacent to an activating group) is 1. The second-order valence-electron chi connectivity index (χ2n) is 5.84. The Labute approximate surface area is 129 Å². The van der Waals surface area contributed by atoms with Crippen molar-refractivity contribution in [3.63, 3.8) is 0 Å². The molecular weight excluding hydrogens is 286 g/mol. The summed E-state index contributed by atoms with van der Waals surface area (Å²) in [6.07, 6.45) is 1.46. The third-order valence-corrected chi connectivity index (χ3v) is 2.52. The maximum Gasteiger partial charge on any atom is 0.357 e. The lowest BCUT2D eigenvalue weighted by molar-refractivity contribution is -0.137. The highest BCUT2D eigenvalue weighted by Gasteiger charge is 2.19. The quantitative estimate of drug-likeness (QED) is 0.805. The van der Waals surface area contributed by atoms with Crippen molar-refractivity contribution in [1.29, 1.82) is 0 Å². The molecule has 1 N–H and O–H groups in total. The molecule has 0 saturated carbocycles. The Kier molecular flexibility index (Phi) is 6.03. The number of pyridine rings is 1. The molecule has 0 aliphatic heterocycles. The number of rotatable bonds is 5. The second kappa shape index (κ2) is 7.53. The van der Waals surface area contributed by atoms with Crippen LogP contribution in [-0.2, 0) is 14.3 Å². The van der Waals surface area contributed by atoms with Gasteiger partial charge in [-0.2, -0.15) is 0 Å². The summed E-state index contributed by atoms with van der Waals surface area (Å²) in [6.45, 7) is 5.01. The Morgan fingerprint density at radius 3 is 2.50 bits per heavy atom. The highest BCUT2D eigenvalue weighted by atomic mass is 16.5. The lowest BCUT2D eigenvalue weighted by atomic mass is 10.1. The van der Waals surface area contributed by atoms with Gasteiger partial charge in [0.1, 0.15) is 5.69 Å². The summed E-state index contributed by atoms with van der Waals surface area (Å²) in [5, 5.41) is 2.75. The molecule has 1 rings (SSSR count). The zero-order valence-corrected chi connectivity index (χ0v) is 13.3. The minimum Gasteiger partial charge on any atom is -0.451 e. The smallest absolute Gasteiger partial charge is 0.357 e. The number of hydrogen-bond acceptors (Lipinski definition) is 5. The molecular formula is C15H21N3O4. The maximum absolute atomic E-state index is 11.8. The Balaban J connectivity index is 2.42. The first-order valence-electron chi connectivity index (χ1n) is 6.82. The van der Waals surface area contributed by atoms with Crippen molar-refractivity contribution in [3.8, 4) is 0 Å². The third kappa shape index (κ3) is 6.34. The van der Waals surface area contributed by atoms with Crippen LogP contribution in [-0.4, -0.2) is 53.4 Å². The van der Waals surface area contributed by atoms with E-state index in [0.29, 0.717) is 0 Å². The fraction of sp³-hybridized carbons (Fsp3) is 0.467. The van der Waals surface area contributed by atoms with Gasteiger partial charge in [0.15, 0.2) is 6.61 Å². The van der Waals surface area contributed by atoms with Gasteiger partial charge in [-0.05, 0) is 32.9 Å². The number of nitrogens with one attached hydrogen (secondary N) is 1. The van der Waals surface area contributed by atoms with Gasteiger partial charge in [0.2, 0.25) is 5.91 Å². The summed E-state index contributed by atoms with van der Waals surface area (Å²) >= 11 is 0. The fourth-order valence-electron chi connectivity index (χ4n) is 1.56. The summed E-state index contributed by atoms with van der Waals surface area (Å²) < 4.78 is 4.87. The van der Waals surface area contributed by atoms with Crippen molar-refractivity contribution in [1.82, 2.24) is 15.2 Å². The number of carbonyl (C=O) groups excluding carboxylic acids is 3. The summed E-state index contributed by atoms with van der Waals surface area (Å²) in [5.41, 5.74) is -0.240. The highest BCUT2D eigenvalue weighted by molar-refractivity contribution is 5.90. The van der Waals surface area contributed by atoms with Gasteiger partial charge >= 0.3 is 5.97 Å². The standard InChI is InChI=1S/C15H21N3O4/c1-15(2,3)17-12(19)9-18(4)13(20)10-22-14(21)11-7-5-6-8-16-11/h5-8H,9-10H2,1-4H3,(H,17,19). The van der Waals surface area contributed by atoms with Crippen LogP contribution in [0.5, 0.6) is 0 Å². The van der Waals surface area contributed by atoms with Crippen molar-refractivity contribution < 1.29 is 19.1 Å². The average Bonchev–Trinajstić information content (AvgIpc) is 2.43. The highest BCUT2D eigenvalue weighted by Crippen LogP contribution is 2.00. The second-order valence-corrected chi connectivity index (χ2v) is 5.84. The number of carbonyl (C=O) groups is 3. The van der Waals surface area contributed by atoms with Crippen LogP contribution in [0, 0.1) is 0 Å². The Morgan fingerprint density at radius 2 is 1.95 bits per heavy atom. The predicted molar refractivity (Wildman–Crippen MR) is 80.1 cm³/mol. The Bertz CT molecular complexity index is 537. The van der Waals surface area contributed by atoms with E-state index < -0.39 is 18.5 Å². The van der Waals surface area contributed by atoms with Crippen molar-refractivity contribution in [2.75, 3.05) is 20.2 Å². The van der Waals surface area contributed by atoms with E-state index in [0.717, 1.165) is 0 Å². The lowest BCUT2D eigenvalue weighted by Crippen LogP contribution is -2.46. The lowest BCUT2D eigenvalue weighted by Gasteiger charge is -2.23. The number of ether oxygens (including phenoxy) is 1. The molecule has 7 heteroatoms. The van der Waals surface area contributed by atoms with Gasteiger partial charge in [0.25, 0.3) is 5.91 Å². The monoisotopic (exact) mass is 307 g/mol. The summed E-state index contributed by atoms with van der Waals surface area (Å²) in [5.74, 6) is -1.42. The summed E-state index contributed by atoms with van der Waals surface area (Å²) in [7, 11) is 1.47. The molecule has 0 aliphatic rings. The molecule has 0 atom stereocenters. The molecule has 0 saturated heterocycles. The third-order valence-electron chi connectivity index (χ3n) is 2.52. The normalized spacial score (nSPS) is 10.7. The van der Waals surface area contributed by atoms with E-state index >= 15 is 0 Å². The molecule has 1 aromatic rings. The number of nitrogens with zero attached hydrogens (tertiary/aromatic N) is 2. The minimum atomic E-state index is -0.679. The molecule has 0 unspecified atom stereocenters. The van der Waals surface area contributed by atoms with Crippen LogP contribution in [0.25, 0.3) is 0 Å². The molecule has 0 aliphatic carbocycles. The topological polar surface area (TPSA) is 88.6 Å². The van der Waals surface area contributed by atoms with Gasteiger partial charge in [-0.1, -0.05) is 6.07 Å². The molecule has 0 fully saturated rings. The molecule has 0 bridgehead atoms. The summed E-state index contributed by atoms with van der Waals surface area (Å²) in [4.78, 5) is 40.2. The zero-order valence-electron chi connectivity index (χ0n) is 13.3. The van der Waals surface area contributed by atoms with Crippen molar-refractivity contribution in [2.24, 2.45) is 0 Å². The first-order chi connectivity index (χ1) is 10.2. The van der Waals surface area contributed by atoms with Gasteiger partial charge in [-0.3, -0.25) is 9.59 Å². The SMILES string of the molecule is CN(CC(=O)NC(C)(C)C)C(=O)COC(=O)c1ccccn1. The van der Waals surface area contributed by atoms with E-state index in [2.05, 4.69) is 10.3 Å². The van der Waals surface area contributed by atoms with Crippen LogP contribution in [0.4, 0.5) is 0 Å². The molecule has 22 heavy (non-hydrogen) atoms. The van der Waals surface area contributed by atoms with Crippen molar-refractivity contribution >= 4 is 17.8 Å². The number of esters is 1. The minimum absolute atomic E-state index is 0.1000. The van der Waals surface area contributed by atoms with E-state index in [1.54, 1.807) is 12.1 Å². The van der Waals surface area contributed by atoms with Crippen LogP contribution in [0.15, 0.2) is 24.4 Å². The van der Waals surface area contributed by atoms with E-state index in [-0.39, 0.29) is 23.7 Å². The zero-order chi connectivity index (χ0) is 16.8. The van der Waals surface area contributed by atoms with Crippen LogP contribution in [0.2, 0.25) is 0 Å². The van der Waals surface area contributed by atoms with Crippen molar-refractivity contribution in [3.05, 3.63) is 30.1 Å². The molecule has 120 valence electrons. The van der Waals surface area contributed by atoms with Crippen LogP contribution in [0.1, 0.15) is 31.3 Å². The largest absolute Gasteiger partial charge is 0.451 e. The maximum atomic E-state index is 11.8.